The van der Waals surface area contributed by atoms with E-state index in [0.29, 0.717) is 5.88 Å². The predicted octanol–water partition coefficient (Wildman–Crippen LogP) is 2.44. The number of aryl methyl sites for hydroxylation is 2. The summed E-state index contributed by atoms with van der Waals surface area (Å²) >= 11 is 0. The van der Waals surface area contributed by atoms with Crippen LogP contribution in [-0.4, -0.2) is 53.1 Å². The van der Waals surface area contributed by atoms with Crippen molar-refractivity contribution < 1.29 is 9.15 Å². The number of oxazole rings is 1. The van der Waals surface area contributed by atoms with Crippen LogP contribution in [0.2, 0.25) is 0 Å². The summed E-state index contributed by atoms with van der Waals surface area (Å²) in [6, 6.07) is 6.29. The molecule has 5 rings (SSSR count). The normalized spacial score (nSPS) is 17.4. The van der Waals surface area contributed by atoms with Crippen LogP contribution >= 0.6 is 0 Å². The van der Waals surface area contributed by atoms with Gasteiger partial charge in [-0.25, -0.2) is 15.0 Å². The van der Waals surface area contributed by atoms with E-state index in [2.05, 4.69) is 36.9 Å². The Morgan fingerprint density at radius 3 is 2.81 bits per heavy atom. The quantitative estimate of drug-likeness (QED) is 0.703. The van der Waals surface area contributed by atoms with E-state index in [1.807, 2.05) is 6.07 Å². The maximum absolute atomic E-state index is 5.92. The van der Waals surface area contributed by atoms with Gasteiger partial charge in [0.2, 0.25) is 11.8 Å². The molecule has 3 aromatic rings. The van der Waals surface area contributed by atoms with Gasteiger partial charge in [-0.1, -0.05) is 0 Å². The predicted molar refractivity (Wildman–Crippen MR) is 102 cm³/mol. The number of hydrogen-bond acceptors (Lipinski definition) is 7. The zero-order valence-electron chi connectivity index (χ0n) is 15.5. The molecule has 1 aliphatic carbocycles. The van der Waals surface area contributed by atoms with Gasteiger partial charge < -0.3 is 14.1 Å². The molecule has 2 aliphatic rings. The molecule has 0 radical (unpaired) electrons. The molecule has 0 atom stereocenters. The van der Waals surface area contributed by atoms with E-state index < -0.39 is 0 Å². The minimum Gasteiger partial charge on any atom is -0.480 e. The molecule has 3 heterocycles. The Balaban J connectivity index is 1.26. The number of nitrogens with zero attached hydrogens (tertiary/aromatic N) is 5. The van der Waals surface area contributed by atoms with Crippen LogP contribution in [0.3, 0.4) is 0 Å². The summed E-state index contributed by atoms with van der Waals surface area (Å²) in [4.78, 5) is 18.0. The van der Waals surface area contributed by atoms with Gasteiger partial charge in [-0.15, -0.1) is 0 Å². The Morgan fingerprint density at radius 2 is 2.00 bits per heavy atom. The summed E-state index contributed by atoms with van der Waals surface area (Å²) in [6.45, 7) is 4.74. The largest absolute Gasteiger partial charge is 0.480 e. The van der Waals surface area contributed by atoms with Gasteiger partial charge in [-0.2, -0.15) is 0 Å². The molecule has 1 aromatic carbocycles. The van der Waals surface area contributed by atoms with Crippen molar-refractivity contribution in [2.24, 2.45) is 0 Å². The van der Waals surface area contributed by atoms with E-state index in [4.69, 9.17) is 9.15 Å². The number of ether oxygens (including phenoxy) is 1. The maximum atomic E-state index is 5.92. The molecular weight excluding hydrogens is 342 g/mol. The summed E-state index contributed by atoms with van der Waals surface area (Å²) in [5, 5.41) is 0.953. The first-order valence-electron chi connectivity index (χ1n) is 9.53. The highest BCUT2D eigenvalue weighted by Crippen LogP contribution is 2.27. The standard InChI is InChI=1S/C20H23N5O2/c1-26-20-15-11-14(5-6-16(15)21-13-22-20)25-9-7-24(8-10-25)12-19-23-17-3-2-4-18(17)27-19/h5-6,11,13H,2-4,7-10,12H2,1H3. The van der Waals surface area contributed by atoms with Crippen LogP contribution in [0.1, 0.15) is 23.8 Å². The third-order valence-electron chi connectivity index (χ3n) is 5.51. The average molecular weight is 365 g/mol. The van der Waals surface area contributed by atoms with Crippen LogP contribution in [0.4, 0.5) is 5.69 Å². The van der Waals surface area contributed by atoms with Crippen LogP contribution in [-0.2, 0) is 19.4 Å². The molecule has 0 spiro atoms. The Hall–Kier alpha value is -2.67. The van der Waals surface area contributed by atoms with Crippen molar-refractivity contribution >= 4 is 16.6 Å². The second-order valence-corrected chi connectivity index (χ2v) is 7.18. The SMILES string of the molecule is COc1ncnc2ccc(N3CCN(Cc4nc5c(o4)CCC5)CC3)cc12. The van der Waals surface area contributed by atoms with E-state index >= 15 is 0 Å². The van der Waals surface area contributed by atoms with Gasteiger partial charge in [0.25, 0.3) is 0 Å². The van der Waals surface area contributed by atoms with Crippen molar-refractivity contribution in [1.82, 2.24) is 19.9 Å². The smallest absolute Gasteiger partial charge is 0.224 e. The molecule has 2 aromatic heterocycles. The van der Waals surface area contributed by atoms with E-state index in [1.165, 1.54) is 24.1 Å². The lowest BCUT2D eigenvalue weighted by Crippen LogP contribution is -2.46. The van der Waals surface area contributed by atoms with Gasteiger partial charge in [0.05, 0.1) is 30.3 Å². The Kier molecular flexibility index (Phi) is 4.16. The monoisotopic (exact) mass is 365 g/mol. The van der Waals surface area contributed by atoms with Crippen molar-refractivity contribution in [1.29, 1.82) is 0 Å². The van der Waals surface area contributed by atoms with Gasteiger partial charge >= 0.3 is 0 Å². The number of piperazine rings is 1. The van der Waals surface area contributed by atoms with Crippen LogP contribution < -0.4 is 9.64 Å². The van der Waals surface area contributed by atoms with Gasteiger partial charge in [-0.05, 0) is 31.0 Å². The fourth-order valence-corrected chi connectivity index (χ4v) is 4.05. The highest BCUT2D eigenvalue weighted by Gasteiger charge is 2.22. The summed E-state index contributed by atoms with van der Waals surface area (Å²) < 4.78 is 11.3. The molecule has 7 heteroatoms. The zero-order valence-corrected chi connectivity index (χ0v) is 15.5. The first-order chi connectivity index (χ1) is 13.3. The third-order valence-corrected chi connectivity index (χ3v) is 5.51. The average Bonchev–Trinajstić information content (AvgIpc) is 3.29. The minimum atomic E-state index is 0.623. The molecule has 140 valence electrons. The lowest BCUT2D eigenvalue weighted by atomic mass is 10.2. The number of aromatic nitrogens is 3. The molecule has 1 saturated heterocycles. The van der Waals surface area contributed by atoms with Gasteiger partial charge in [-0.3, -0.25) is 4.90 Å². The molecule has 0 unspecified atom stereocenters. The van der Waals surface area contributed by atoms with Crippen LogP contribution in [0.5, 0.6) is 5.88 Å². The number of methoxy groups -OCH3 is 1. The fraction of sp³-hybridized carbons (Fsp3) is 0.450. The van der Waals surface area contributed by atoms with Crippen LogP contribution in [0, 0.1) is 0 Å². The minimum absolute atomic E-state index is 0.623. The molecule has 1 aliphatic heterocycles. The highest BCUT2D eigenvalue weighted by molar-refractivity contribution is 5.86. The number of rotatable bonds is 4. The van der Waals surface area contributed by atoms with Gasteiger partial charge in [0, 0.05) is 38.3 Å². The molecule has 0 bridgehead atoms. The number of hydrogen-bond donors (Lipinski definition) is 0. The molecular formula is C20H23N5O2. The zero-order chi connectivity index (χ0) is 18.2. The first kappa shape index (κ1) is 16.5. The second-order valence-electron chi connectivity index (χ2n) is 7.18. The highest BCUT2D eigenvalue weighted by atomic mass is 16.5. The molecule has 27 heavy (non-hydrogen) atoms. The van der Waals surface area contributed by atoms with Crippen LogP contribution in [0.15, 0.2) is 28.9 Å². The van der Waals surface area contributed by atoms with Crippen molar-refractivity contribution in [3.63, 3.8) is 0 Å². The van der Waals surface area contributed by atoms with Crippen molar-refractivity contribution in [2.75, 3.05) is 38.2 Å². The lowest BCUT2D eigenvalue weighted by Gasteiger charge is -2.35. The van der Waals surface area contributed by atoms with E-state index in [9.17, 15) is 0 Å². The third kappa shape index (κ3) is 3.12. The van der Waals surface area contributed by atoms with Crippen molar-refractivity contribution in [3.8, 4) is 5.88 Å². The summed E-state index contributed by atoms with van der Waals surface area (Å²) in [5.41, 5.74) is 3.27. The van der Waals surface area contributed by atoms with E-state index in [0.717, 1.165) is 68.1 Å². The molecule has 7 nitrogen and oxygen atoms in total. The van der Waals surface area contributed by atoms with Gasteiger partial charge in [0.1, 0.15) is 12.1 Å². The molecule has 0 amide bonds. The maximum Gasteiger partial charge on any atom is 0.224 e. The first-order valence-corrected chi connectivity index (χ1v) is 9.53. The van der Waals surface area contributed by atoms with E-state index in [1.54, 1.807) is 7.11 Å². The Bertz CT molecular complexity index is 941. The Labute approximate surface area is 158 Å². The van der Waals surface area contributed by atoms with E-state index in [-0.39, 0.29) is 0 Å². The van der Waals surface area contributed by atoms with Crippen molar-refractivity contribution in [2.45, 2.75) is 25.8 Å². The summed E-state index contributed by atoms with van der Waals surface area (Å²) in [6.07, 6.45) is 4.84. The number of fused-ring (bicyclic) bond motifs is 2. The molecule has 0 N–H and O–H groups in total. The van der Waals surface area contributed by atoms with Gasteiger partial charge in [0.15, 0.2) is 0 Å². The summed E-state index contributed by atoms with van der Waals surface area (Å²) in [7, 11) is 1.64. The Morgan fingerprint density at radius 1 is 1.11 bits per heavy atom. The fourth-order valence-electron chi connectivity index (χ4n) is 4.05. The summed E-state index contributed by atoms with van der Waals surface area (Å²) in [5.74, 6) is 2.61. The lowest BCUT2D eigenvalue weighted by molar-refractivity contribution is 0.224. The van der Waals surface area contributed by atoms with Crippen LogP contribution in [0.25, 0.3) is 10.9 Å². The van der Waals surface area contributed by atoms with Crippen molar-refractivity contribution in [3.05, 3.63) is 41.9 Å². The topological polar surface area (TPSA) is 67.5 Å². The molecule has 0 saturated carbocycles. The number of anilines is 1. The number of benzene rings is 1. The molecule has 1 fully saturated rings. The second kappa shape index (κ2) is 6.81.